The summed E-state index contributed by atoms with van der Waals surface area (Å²) in [5.74, 6) is 0.301. The van der Waals surface area contributed by atoms with E-state index in [9.17, 15) is 4.79 Å². The van der Waals surface area contributed by atoms with Crippen LogP contribution >= 0.6 is 23.2 Å². The first-order chi connectivity index (χ1) is 11.6. The number of hydrogen-bond acceptors (Lipinski definition) is 3. The van der Waals surface area contributed by atoms with E-state index in [-0.39, 0.29) is 12.5 Å². The van der Waals surface area contributed by atoms with Gasteiger partial charge < -0.3 is 4.57 Å². The molecule has 7 heteroatoms. The van der Waals surface area contributed by atoms with E-state index in [1.165, 1.54) is 0 Å². The molecule has 0 fully saturated rings. The fourth-order valence-electron chi connectivity index (χ4n) is 2.45. The number of aromatic nitrogens is 2. The lowest BCUT2D eigenvalue weighted by atomic mass is 10.2. The van der Waals surface area contributed by atoms with Gasteiger partial charge in [0, 0.05) is 5.56 Å². The molecule has 0 unspecified atom stereocenters. The van der Waals surface area contributed by atoms with Crippen LogP contribution in [0.1, 0.15) is 6.92 Å². The van der Waals surface area contributed by atoms with Gasteiger partial charge >= 0.3 is 0 Å². The van der Waals surface area contributed by atoms with Gasteiger partial charge in [-0.05, 0) is 31.2 Å². The number of nitrogens with zero attached hydrogens (tertiary/aromatic N) is 2. The molecule has 0 radical (unpaired) electrons. The SMILES string of the molecule is CCONC(=O)Cn1c(-c2cccc(Cl)c2Cl)nc2ccccc21. The molecule has 0 saturated heterocycles. The first-order valence-corrected chi connectivity index (χ1v) is 8.17. The number of rotatable bonds is 5. The number of carbonyl (C=O) groups excluding carboxylic acids is 1. The van der Waals surface area contributed by atoms with Crippen LogP contribution in [-0.2, 0) is 16.2 Å². The van der Waals surface area contributed by atoms with Crippen molar-refractivity contribution in [2.24, 2.45) is 0 Å². The Kier molecular flexibility index (Phi) is 5.04. The van der Waals surface area contributed by atoms with Gasteiger partial charge in [-0.2, -0.15) is 0 Å². The van der Waals surface area contributed by atoms with Crippen LogP contribution in [0.2, 0.25) is 10.0 Å². The molecule has 0 aliphatic rings. The number of halogens is 2. The highest BCUT2D eigenvalue weighted by Crippen LogP contribution is 2.34. The molecule has 1 amide bonds. The van der Waals surface area contributed by atoms with Crippen LogP contribution in [0.4, 0.5) is 0 Å². The highest BCUT2D eigenvalue weighted by Gasteiger charge is 2.18. The maximum Gasteiger partial charge on any atom is 0.263 e. The van der Waals surface area contributed by atoms with E-state index < -0.39 is 0 Å². The second-order valence-corrected chi connectivity index (χ2v) is 5.86. The van der Waals surface area contributed by atoms with E-state index in [1.54, 1.807) is 23.6 Å². The van der Waals surface area contributed by atoms with Crippen molar-refractivity contribution < 1.29 is 9.63 Å². The Bertz CT molecular complexity index is 893. The van der Waals surface area contributed by atoms with Gasteiger partial charge in [-0.1, -0.05) is 41.4 Å². The molecular formula is C17H15Cl2N3O2. The van der Waals surface area contributed by atoms with E-state index in [4.69, 9.17) is 28.0 Å². The van der Waals surface area contributed by atoms with Crippen molar-refractivity contribution in [3.8, 4) is 11.4 Å². The standard InChI is InChI=1S/C17H15Cl2N3O2/c1-2-24-21-15(23)10-22-14-9-4-3-8-13(14)20-17(22)11-6-5-7-12(18)16(11)19/h3-9H,2,10H2,1H3,(H,21,23). The maximum absolute atomic E-state index is 12.1. The van der Waals surface area contributed by atoms with Gasteiger partial charge in [0.1, 0.15) is 12.4 Å². The predicted molar refractivity (Wildman–Crippen MR) is 95.0 cm³/mol. The number of hydrogen-bond donors (Lipinski definition) is 1. The summed E-state index contributed by atoms with van der Waals surface area (Å²) in [5.41, 5.74) is 4.66. The number of imidazole rings is 1. The van der Waals surface area contributed by atoms with E-state index in [0.717, 1.165) is 11.0 Å². The smallest absolute Gasteiger partial charge is 0.263 e. The molecule has 0 bridgehead atoms. The van der Waals surface area contributed by atoms with Gasteiger partial charge in [-0.3, -0.25) is 9.63 Å². The predicted octanol–water partition coefficient (Wildman–Crippen LogP) is 4.08. The number of nitrogens with one attached hydrogen (secondary N) is 1. The highest BCUT2D eigenvalue weighted by molar-refractivity contribution is 6.43. The molecule has 1 N–H and O–H groups in total. The summed E-state index contributed by atoms with van der Waals surface area (Å²) in [4.78, 5) is 21.7. The molecule has 0 saturated carbocycles. The summed E-state index contributed by atoms with van der Waals surface area (Å²) in [6.45, 7) is 2.24. The molecule has 5 nitrogen and oxygen atoms in total. The number of benzene rings is 2. The molecular weight excluding hydrogens is 349 g/mol. The lowest BCUT2D eigenvalue weighted by Crippen LogP contribution is -2.28. The number of carbonyl (C=O) groups is 1. The Morgan fingerprint density at radius 2 is 2.00 bits per heavy atom. The average molecular weight is 364 g/mol. The zero-order chi connectivity index (χ0) is 17.1. The summed E-state index contributed by atoms with van der Waals surface area (Å²) < 4.78 is 1.79. The van der Waals surface area contributed by atoms with Crippen LogP contribution in [-0.4, -0.2) is 22.1 Å². The third kappa shape index (κ3) is 3.24. The van der Waals surface area contributed by atoms with E-state index in [1.807, 2.05) is 30.3 Å². The first kappa shape index (κ1) is 16.8. The number of para-hydroxylation sites is 2. The van der Waals surface area contributed by atoms with E-state index in [0.29, 0.717) is 28.0 Å². The van der Waals surface area contributed by atoms with Crippen LogP contribution in [0.25, 0.3) is 22.4 Å². The molecule has 1 heterocycles. The highest BCUT2D eigenvalue weighted by atomic mass is 35.5. The minimum atomic E-state index is -0.278. The van der Waals surface area contributed by atoms with Gasteiger partial charge in [-0.25, -0.2) is 10.5 Å². The first-order valence-electron chi connectivity index (χ1n) is 7.42. The van der Waals surface area contributed by atoms with Crippen LogP contribution in [0, 0.1) is 0 Å². The third-order valence-corrected chi connectivity index (χ3v) is 4.30. The summed E-state index contributed by atoms with van der Waals surface area (Å²) in [5, 5.41) is 0.840. The van der Waals surface area contributed by atoms with Crippen LogP contribution in [0.15, 0.2) is 42.5 Å². The largest absolute Gasteiger partial charge is 0.314 e. The zero-order valence-corrected chi connectivity index (χ0v) is 14.4. The van der Waals surface area contributed by atoms with E-state index in [2.05, 4.69) is 10.5 Å². The molecule has 3 rings (SSSR count). The van der Waals surface area contributed by atoms with Crippen LogP contribution < -0.4 is 5.48 Å². The molecule has 0 aliphatic carbocycles. The van der Waals surface area contributed by atoms with Crippen LogP contribution in [0.5, 0.6) is 0 Å². The third-order valence-electron chi connectivity index (χ3n) is 3.48. The average Bonchev–Trinajstić information content (AvgIpc) is 2.94. The van der Waals surface area contributed by atoms with Crippen LogP contribution in [0.3, 0.4) is 0 Å². The summed E-state index contributed by atoms with van der Waals surface area (Å²) >= 11 is 12.5. The second-order valence-electron chi connectivity index (χ2n) is 5.07. The monoisotopic (exact) mass is 363 g/mol. The Balaban J connectivity index is 2.11. The van der Waals surface area contributed by atoms with Crippen molar-refractivity contribution in [2.45, 2.75) is 13.5 Å². The molecule has 1 aromatic heterocycles. The summed E-state index contributed by atoms with van der Waals surface area (Å²) in [7, 11) is 0. The lowest BCUT2D eigenvalue weighted by Gasteiger charge is -2.11. The number of hydroxylamine groups is 1. The minimum absolute atomic E-state index is 0.0543. The van der Waals surface area contributed by atoms with Gasteiger partial charge in [0.15, 0.2) is 0 Å². The van der Waals surface area contributed by atoms with Crippen molar-refractivity contribution in [1.82, 2.24) is 15.0 Å². The normalized spacial score (nSPS) is 11.0. The van der Waals surface area contributed by atoms with Crippen molar-refractivity contribution in [3.05, 3.63) is 52.5 Å². The van der Waals surface area contributed by atoms with Gasteiger partial charge in [-0.15, -0.1) is 0 Å². The second kappa shape index (κ2) is 7.21. The fourth-order valence-corrected chi connectivity index (χ4v) is 2.83. The topological polar surface area (TPSA) is 56.1 Å². The van der Waals surface area contributed by atoms with E-state index >= 15 is 0 Å². The Morgan fingerprint density at radius 1 is 1.21 bits per heavy atom. The Morgan fingerprint density at radius 3 is 2.79 bits per heavy atom. The molecule has 0 spiro atoms. The quantitative estimate of drug-likeness (QED) is 0.694. The Labute approximate surface area is 149 Å². The van der Waals surface area contributed by atoms with Crippen molar-refractivity contribution in [3.63, 3.8) is 0 Å². The maximum atomic E-state index is 12.1. The molecule has 2 aromatic carbocycles. The summed E-state index contributed by atoms with van der Waals surface area (Å²) in [6, 6.07) is 12.9. The Hall–Kier alpha value is -2.08. The summed E-state index contributed by atoms with van der Waals surface area (Å²) in [6.07, 6.45) is 0. The van der Waals surface area contributed by atoms with Crippen molar-refractivity contribution >= 4 is 40.1 Å². The zero-order valence-electron chi connectivity index (χ0n) is 12.9. The molecule has 3 aromatic rings. The van der Waals surface area contributed by atoms with Gasteiger partial charge in [0.2, 0.25) is 0 Å². The number of amides is 1. The minimum Gasteiger partial charge on any atom is -0.314 e. The molecule has 0 atom stereocenters. The number of fused-ring (bicyclic) bond motifs is 1. The molecule has 0 aliphatic heterocycles. The van der Waals surface area contributed by atoms with Crippen molar-refractivity contribution in [1.29, 1.82) is 0 Å². The van der Waals surface area contributed by atoms with Gasteiger partial charge in [0.05, 0.1) is 27.7 Å². The molecule has 24 heavy (non-hydrogen) atoms. The fraction of sp³-hybridized carbons (Fsp3) is 0.176. The molecule has 124 valence electrons. The lowest BCUT2D eigenvalue weighted by molar-refractivity contribution is -0.133. The van der Waals surface area contributed by atoms with Gasteiger partial charge in [0.25, 0.3) is 5.91 Å². The van der Waals surface area contributed by atoms with Crippen molar-refractivity contribution in [2.75, 3.05) is 6.61 Å².